The average molecular weight is 431 g/mol. The van der Waals surface area contributed by atoms with Gasteiger partial charge in [0.1, 0.15) is 5.69 Å². The summed E-state index contributed by atoms with van der Waals surface area (Å²) in [7, 11) is 0. The van der Waals surface area contributed by atoms with Gasteiger partial charge in [-0.2, -0.15) is 5.10 Å². The van der Waals surface area contributed by atoms with Crippen LogP contribution in [-0.2, 0) is 9.53 Å². The van der Waals surface area contributed by atoms with E-state index in [2.05, 4.69) is 15.7 Å². The van der Waals surface area contributed by atoms with Crippen molar-refractivity contribution >= 4 is 29.5 Å². The first kappa shape index (κ1) is 21.1. The molecule has 0 unspecified atom stereocenters. The number of rotatable bonds is 7. The summed E-state index contributed by atoms with van der Waals surface area (Å²) in [5.74, 6) is -1.10. The highest BCUT2D eigenvalue weighted by molar-refractivity contribution is 6.30. The Labute approximate surface area is 177 Å². The first-order valence-corrected chi connectivity index (χ1v) is 9.50. The highest BCUT2D eigenvalue weighted by Gasteiger charge is 2.20. The van der Waals surface area contributed by atoms with Gasteiger partial charge in [0, 0.05) is 17.6 Å². The number of nitrogens with one attached hydrogen (secondary N) is 2. The van der Waals surface area contributed by atoms with Gasteiger partial charge in [0.2, 0.25) is 0 Å². The molecule has 30 heavy (non-hydrogen) atoms. The molecule has 0 aliphatic rings. The molecule has 3 aromatic rings. The topological polar surface area (TPSA) is 115 Å². The number of imide groups is 1. The molecule has 0 saturated heterocycles. The van der Waals surface area contributed by atoms with Crippen LogP contribution in [0.2, 0.25) is 5.02 Å². The van der Waals surface area contributed by atoms with Crippen LogP contribution in [0, 0.1) is 0 Å². The molecule has 3 amide bonds. The predicted octanol–water partition coefficient (Wildman–Crippen LogP) is 3.18. The van der Waals surface area contributed by atoms with Crippen LogP contribution < -0.4 is 10.6 Å². The van der Waals surface area contributed by atoms with Crippen LogP contribution in [0.25, 0.3) is 17.1 Å². The van der Waals surface area contributed by atoms with Gasteiger partial charge in [0.05, 0.1) is 12.0 Å². The molecule has 9 nitrogen and oxygen atoms in total. The van der Waals surface area contributed by atoms with Crippen LogP contribution in [0.5, 0.6) is 0 Å². The molecule has 0 aliphatic heterocycles. The van der Waals surface area contributed by atoms with Gasteiger partial charge >= 0.3 is 12.0 Å². The van der Waals surface area contributed by atoms with E-state index in [9.17, 15) is 14.4 Å². The fourth-order valence-electron chi connectivity index (χ4n) is 2.54. The number of hydrogen-bond acceptors (Lipinski definition) is 6. The Bertz CT molecular complexity index is 1050. The van der Waals surface area contributed by atoms with Crippen molar-refractivity contribution in [1.82, 2.24) is 20.4 Å². The molecular weight excluding hydrogens is 412 g/mol. The number of hydrogen-bond donors (Lipinski definition) is 2. The molecule has 0 saturated carbocycles. The number of ether oxygens (including phenoxy) is 1. The van der Waals surface area contributed by atoms with Crippen LogP contribution in [-0.4, -0.2) is 40.8 Å². The molecule has 0 bridgehead atoms. The van der Waals surface area contributed by atoms with Gasteiger partial charge in [-0.3, -0.25) is 10.1 Å². The van der Waals surface area contributed by atoms with Crippen LogP contribution in [0.3, 0.4) is 0 Å². The number of carbonyl (C=O) groups is 3. The van der Waals surface area contributed by atoms with E-state index in [0.29, 0.717) is 28.7 Å². The lowest BCUT2D eigenvalue weighted by atomic mass is 10.2. The molecule has 3 rings (SSSR count). The van der Waals surface area contributed by atoms with E-state index in [1.807, 2.05) is 6.92 Å². The van der Waals surface area contributed by atoms with E-state index in [4.69, 9.17) is 20.8 Å². The predicted molar refractivity (Wildman–Crippen MR) is 108 cm³/mol. The molecule has 0 spiro atoms. The van der Waals surface area contributed by atoms with Crippen molar-refractivity contribution in [3.63, 3.8) is 0 Å². The third kappa shape index (κ3) is 5.26. The Balaban J connectivity index is 1.74. The summed E-state index contributed by atoms with van der Waals surface area (Å²) in [5.41, 5.74) is 1.07. The second-order valence-electron chi connectivity index (χ2n) is 6.16. The monoisotopic (exact) mass is 430 g/mol. The van der Waals surface area contributed by atoms with Gasteiger partial charge in [-0.1, -0.05) is 24.6 Å². The molecule has 0 fully saturated rings. The number of furan rings is 1. The molecule has 2 aromatic heterocycles. The van der Waals surface area contributed by atoms with Crippen molar-refractivity contribution < 1.29 is 23.5 Å². The Morgan fingerprint density at radius 1 is 1.20 bits per heavy atom. The summed E-state index contributed by atoms with van der Waals surface area (Å²) in [6.45, 7) is 1.68. The van der Waals surface area contributed by atoms with Gasteiger partial charge in [0.25, 0.3) is 5.91 Å². The van der Waals surface area contributed by atoms with Crippen molar-refractivity contribution in [1.29, 1.82) is 0 Å². The molecule has 0 aliphatic carbocycles. The average Bonchev–Trinajstić information content (AvgIpc) is 3.40. The maximum Gasteiger partial charge on any atom is 0.359 e. The number of amides is 3. The first-order chi connectivity index (χ1) is 14.5. The number of halogens is 1. The van der Waals surface area contributed by atoms with Crippen molar-refractivity contribution in [2.24, 2.45) is 0 Å². The third-order valence-corrected chi connectivity index (χ3v) is 4.10. The Morgan fingerprint density at radius 2 is 2.03 bits per heavy atom. The maximum atomic E-state index is 12.4. The SMILES string of the molecule is CCCNC(=O)NC(=O)COC(=O)c1cc(-c2ccco2)n(-c2cccc(Cl)c2)n1. The summed E-state index contributed by atoms with van der Waals surface area (Å²) in [5, 5.41) is 9.32. The van der Waals surface area contributed by atoms with E-state index >= 15 is 0 Å². The van der Waals surface area contributed by atoms with Crippen molar-refractivity contribution in [2.45, 2.75) is 13.3 Å². The highest BCUT2D eigenvalue weighted by Crippen LogP contribution is 2.26. The number of nitrogens with zero attached hydrogens (tertiary/aromatic N) is 2. The zero-order chi connectivity index (χ0) is 21.5. The highest BCUT2D eigenvalue weighted by atomic mass is 35.5. The van der Waals surface area contributed by atoms with Crippen LogP contribution in [0.1, 0.15) is 23.8 Å². The quantitative estimate of drug-likeness (QED) is 0.556. The van der Waals surface area contributed by atoms with Crippen molar-refractivity contribution in [3.8, 4) is 17.1 Å². The fraction of sp³-hybridized carbons (Fsp3) is 0.200. The van der Waals surface area contributed by atoms with Crippen molar-refractivity contribution in [3.05, 3.63) is 59.4 Å². The first-order valence-electron chi connectivity index (χ1n) is 9.12. The lowest BCUT2D eigenvalue weighted by molar-refractivity contribution is -0.123. The molecular formula is C20H19ClN4O5. The second kappa shape index (κ2) is 9.75. The zero-order valence-electron chi connectivity index (χ0n) is 16.1. The molecule has 10 heteroatoms. The summed E-state index contributed by atoms with van der Waals surface area (Å²) in [4.78, 5) is 35.6. The lowest BCUT2D eigenvalue weighted by Crippen LogP contribution is -2.41. The minimum absolute atomic E-state index is 0.0374. The molecule has 0 radical (unpaired) electrons. The largest absolute Gasteiger partial charge is 0.463 e. The van der Waals surface area contributed by atoms with Crippen LogP contribution in [0.15, 0.2) is 53.1 Å². The van der Waals surface area contributed by atoms with Gasteiger partial charge in [0.15, 0.2) is 18.1 Å². The molecule has 2 heterocycles. The number of carbonyl (C=O) groups excluding carboxylic acids is 3. The van der Waals surface area contributed by atoms with Gasteiger partial charge in [-0.25, -0.2) is 14.3 Å². The van der Waals surface area contributed by atoms with E-state index in [1.54, 1.807) is 36.4 Å². The van der Waals surface area contributed by atoms with E-state index in [0.717, 1.165) is 6.42 Å². The minimum Gasteiger partial charge on any atom is -0.463 e. The summed E-state index contributed by atoms with van der Waals surface area (Å²) in [6.07, 6.45) is 2.22. The normalized spacial score (nSPS) is 10.5. The fourth-order valence-corrected chi connectivity index (χ4v) is 2.72. The Morgan fingerprint density at radius 3 is 2.73 bits per heavy atom. The summed E-state index contributed by atoms with van der Waals surface area (Å²) < 4.78 is 11.9. The number of esters is 1. The Hall–Kier alpha value is -3.59. The maximum absolute atomic E-state index is 12.4. The van der Waals surface area contributed by atoms with E-state index < -0.39 is 24.5 Å². The third-order valence-electron chi connectivity index (χ3n) is 3.87. The van der Waals surface area contributed by atoms with Gasteiger partial charge in [-0.15, -0.1) is 0 Å². The molecule has 156 valence electrons. The zero-order valence-corrected chi connectivity index (χ0v) is 16.8. The van der Waals surface area contributed by atoms with E-state index in [1.165, 1.54) is 17.0 Å². The summed E-state index contributed by atoms with van der Waals surface area (Å²) >= 11 is 6.07. The lowest BCUT2D eigenvalue weighted by Gasteiger charge is -2.06. The van der Waals surface area contributed by atoms with Gasteiger partial charge in [-0.05, 0) is 36.8 Å². The molecule has 2 N–H and O–H groups in total. The van der Waals surface area contributed by atoms with Crippen molar-refractivity contribution in [2.75, 3.05) is 13.2 Å². The van der Waals surface area contributed by atoms with Crippen LogP contribution in [0.4, 0.5) is 4.79 Å². The number of aromatic nitrogens is 2. The number of benzene rings is 1. The summed E-state index contributed by atoms with van der Waals surface area (Å²) in [6, 6.07) is 11.2. The van der Waals surface area contributed by atoms with Gasteiger partial charge < -0.3 is 14.5 Å². The smallest absolute Gasteiger partial charge is 0.359 e. The number of urea groups is 1. The minimum atomic E-state index is -0.826. The van der Waals surface area contributed by atoms with Crippen LogP contribution >= 0.6 is 11.6 Å². The second-order valence-corrected chi connectivity index (χ2v) is 6.60. The standard InChI is InChI=1S/C20H19ClN4O5/c1-2-8-22-20(28)23-18(26)12-30-19(27)15-11-16(17-7-4-9-29-17)25(24-15)14-6-3-5-13(21)10-14/h3-7,9-11H,2,8,12H2,1H3,(H2,22,23,26,28). The molecule has 1 aromatic carbocycles. The van der Waals surface area contributed by atoms with E-state index in [-0.39, 0.29) is 5.69 Å². The Kier molecular flexibility index (Phi) is 6.87. The molecule has 0 atom stereocenters.